The molecule has 0 spiro atoms. The molecule has 3 heterocycles. The summed E-state index contributed by atoms with van der Waals surface area (Å²) in [4.78, 5) is 31.5. The molecule has 126 valence electrons. The Labute approximate surface area is 141 Å². The van der Waals surface area contributed by atoms with Gasteiger partial charge in [0.05, 0.1) is 17.9 Å². The Morgan fingerprint density at radius 1 is 1.29 bits per heavy atom. The Morgan fingerprint density at radius 3 is 2.92 bits per heavy atom. The zero-order valence-corrected chi connectivity index (χ0v) is 14.1. The van der Waals surface area contributed by atoms with E-state index in [0.29, 0.717) is 23.9 Å². The van der Waals surface area contributed by atoms with Crippen LogP contribution in [0.2, 0.25) is 0 Å². The number of likely N-dealkylation sites (tertiary alicyclic amines) is 1. The number of rotatable bonds is 4. The van der Waals surface area contributed by atoms with Gasteiger partial charge in [-0.3, -0.25) is 9.78 Å². The van der Waals surface area contributed by atoms with E-state index < -0.39 is 0 Å². The van der Waals surface area contributed by atoms with E-state index in [1.54, 1.807) is 18.6 Å². The molecule has 0 aliphatic carbocycles. The van der Waals surface area contributed by atoms with Gasteiger partial charge in [0.1, 0.15) is 17.5 Å². The molecule has 7 heteroatoms. The summed E-state index contributed by atoms with van der Waals surface area (Å²) in [7, 11) is 0. The number of hydrogen-bond donors (Lipinski definition) is 1. The molecule has 7 nitrogen and oxygen atoms in total. The van der Waals surface area contributed by atoms with Gasteiger partial charge in [0.15, 0.2) is 0 Å². The van der Waals surface area contributed by atoms with E-state index in [9.17, 15) is 4.79 Å². The van der Waals surface area contributed by atoms with Gasteiger partial charge in [-0.15, -0.1) is 0 Å². The standard InChI is InChI=1S/C17H22N6O/c1-3-17(24)23-9-5-4-6-14(23)13-10-15(21-12(2)20-13)22-16-11-18-7-8-19-16/h7-8,10-11,14H,3-6,9H2,1-2H3,(H,19,20,21,22). The van der Waals surface area contributed by atoms with Crippen LogP contribution in [0.15, 0.2) is 24.7 Å². The summed E-state index contributed by atoms with van der Waals surface area (Å²) < 4.78 is 0. The van der Waals surface area contributed by atoms with Crippen LogP contribution in [-0.2, 0) is 4.79 Å². The Bertz CT molecular complexity index is 705. The fraction of sp³-hybridized carbons (Fsp3) is 0.471. The third-order valence-corrected chi connectivity index (χ3v) is 4.14. The second-order valence-electron chi connectivity index (χ2n) is 5.89. The zero-order valence-electron chi connectivity index (χ0n) is 14.1. The number of amides is 1. The van der Waals surface area contributed by atoms with E-state index in [4.69, 9.17) is 0 Å². The first-order valence-corrected chi connectivity index (χ1v) is 8.35. The highest BCUT2D eigenvalue weighted by Crippen LogP contribution is 2.31. The first-order chi connectivity index (χ1) is 11.7. The van der Waals surface area contributed by atoms with Crippen molar-refractivity contribution < 1.29 is 4.79 Å². The fourth-order valence-electron chi connectivity index (χ4n) is 3.06. The van der Waals surface area contributed by atoms with Gasteiger partial charge < -0.3 is 10.2 Å². The highest BCUT2D eigenvalue weighted by molar-refractivity contribution is 5.76. The lowest BCUT2D eigenvalue weighted by atomic mass is 9.98. The second kappa shape index (κ2) is 7.33. The number of anilines is 2. The van der Waals surface area contributed by atoms with E-state index >= 15 is 0 Å². The van der Waals surface area contributed by atoms with Gasteiger partial charge in [-0.05, 0) is 26.2 Å². The van der Waals surface area contributed by atoms with E-state index in [1.165, 1.54) is 0 Å². The maximum absolute atomic E-state index is 12.3. The quantitative estimate of drug-likeness (QED) is 0.930. The smallest absolute Gasteiger partial charge is 0.222 e. The monoisotopic (exact) mass is 326 g/mol. The first kappa shape index (κ1) is 16.3. The molecule has 1 saturated heterocycles. The molecule has 1 amide bonds. The van der Waals surface area contributed by atoms with Crippen LogP contribution in [0.25, 0.3) is 0 Å². The van der Waals surface area contributed by atoms with Crippen molar-refractivity contribution in [3.05, 3.63) is 36.2 Å². The number of carbonyl (C=O) groups is 1. The fourth-order valence-corrected chi connectivity index (χ4v) is 3.06. The number of nitrogens with one attached hydrogen (secondary N) is 1. The van der Waals surface area contributed by atoms with E-state index in [2.05, 4.69) is 25.3 Å². The molecule has 1 N–H and O–H groups in total. The highest BCUT2D eigenvalue weighted by atomic mass is 16.2. The lowest BCUT2D eigenvalue weighted by Gasteiger charge is -2.35. The number of aryl methyl sites for hydroxylation is 1. The number of aromatic nitrogens is 4. The van der Waals surface area contributed by atoms with E-state index in [0.717, 1.165) is 31.5 Å². The lowest BCUT2D eigenvalue weighted by molar-refractivity contribution is -0.134. The zero-order chi connectivity index (χ0) is 16.9. The molecule has 2 aromatic heterocycles. The molecule has 24 heavy (non-hydrogen) atoms. The van der Waals surface area contributed by atoms with Crippen molar-refractivity contribution in [1.29, 1.82) is 0 Å². The van der Waals surface area contributed by atoms with Crippen molar-refractivity contribution >= 4 is 17.5 Å². The normalized spacial score (nSPS) is 17.6. The van der Waals surface area contributed by atoms with E-state index in [1.807, 2.05) is 24.8 Å². The van der Waals surface area contributed by atoms with Crippen LogP contribution in [0.1, 0.15) is 50.2 Å². The van der Waals surface area contributed by atoms with Crippen molar-refractivity contribution in [3.8, 4) is 0 Å². The molecular formula is C17H22N6O. The SMILES string of the molecule is CCC(=O)N1CCCCC1c1cc(Nc2cnccn2)nc(C)n1. The van der Waals surface area contributed by atoms with Gasteiger partial charge in [0.2, 0.25) is 5.91 Å². The molecule has 1 fully saturated rings. The summed E-state index contributed by atoms with van der Waals surface area (Å²) in [6.45, 7) is 4.56. The maximum atomic E-state index is 12.3. The molecule has 0 bridgehead atoms. The van der Waals surface area contributed by atoms with Gasteiger partial charge in [-0.1, -0.05) is 6.92 Å². The molecule has 1 aliphatic rings. The topological polar surface area (TPSA) is 83.9 Å². The number of nitrogens with zero attached hydrogens (tertiary/aromatic N) is 5. The maximum Gasteiger partial charge on any atom is 0.222 e. The van der Waals surface area contributed by atoms with Crippen LogP contribution in [0.3, 0.4) is 0 Å². The second-order valence-corrected chi connectivity index (χ2v) is 5.89. The van der Waals surface area contributed by atoms with Crippen LogP contribution in [0, 0.1) is 6.92 Å². The average molecular weight is 326 g/mol. The summed E-state index contributed by atoms with van der Waals surface area (Å²) in [6.07, 6.45) is 8.51. The molecule has 0 aromatic carbocycles. The third kappa shape index (κ3) is 3.67. The minimum atomic E-state index is 0.0234. The van der Waals surface area contributed by atoms with Gasteiger partial charge in [0.25, 0.3) is 0 Å². The van der Waals surface area contributed by atoms with Gasteiger partial charge >= 0.3 is 0 Å². The summed E-state index contributed by atoms with van der Waals surface area (Å²) in [5.74, 6) is 2.16. The van der Waals surface area contributed by atoms with Crippen molar-refractivity contribution in [3.63, 3.8) is 0 Å². The van der Waals surface area contributed by atoms with Crippen LogP contribution < -0.4 is 5.32 Å². The predicted octanol–water partition coefficient (Wildman–Crippen LogP) is 2.78. The Morgan fingerprint density at radius 2 is 2.17 bits per heavy atom. The van der Waals surface area contributed by atoms with Gasteiger partial charge in [-0.2, -0.15) is 0 Å². The summed E-state index contributed by atoms with van der Waals surface area (Å²) >= 11 is 0. The first-order valence-electron chi connectivity index (χ1n) is 8.35. The van der Waals surface area contributed by atoms with Gasteiger partial charge in [0, 0.05) is 31.4 Å². The van der Waals surface area contributed by atoms with Crippen molar-refractivity contribution in [2.45, 2.75) is 45.6 Å². The largest absolute Gasteiger partial charge is 0.334 e. The summed E-state index contributed by atoms with van der Waals surface area (Å²) in [6, 6.07) is 1.93. The Hall–Kier alpha value is -2.57. The highest BCUT2D eigenvalue weighted by Gasteiger charge is 2.28. The summed E-state index contributed by atoms with van der Waals surface area (Å²) in [5.41, 5.74) is 0.885. The number of piperidine rings is 1. The molecule has 2 aromatic rings. The van der Waals surface area contributed by atoms with Crippen LogP contribution in [0.4, 0.5) is 11.6 Å². The Kier molecular flexibility index (Phi) is 4.98. The number of hydrogen-bond acceptors (Lipinski definition) is 6. The molecule has 1 atom stereocenters. The van der Waals surface area contributed by atoms with Gasteiger partial charge in [-0.25, -0.2) is 15.0 Å². The predicted molar refractivity (Wildman–Crippen MR) is 90.7 cm³/mol. The number of carbonyl (C=O) groups excluding carboxylic acids is 1. The van der Waals surface area contributed by atoms with Crippen molar-refractivity contribution in [2.24, 2.45) is 0 Å². The molecule has 1 unspecified atom stereocenters. The third-order valence-electron chi connectivity index (χ3n) is 4.14. The molecule has 0 saturated carbocycles. The van der Waals surface area contributed by atoms with E-state index in [-0.39, 0.29) is 11.9 Å². The molecule has 0 radical (unpaired) electrons. The molecule has 3 rings (SSSR count). The van der Waals surface area contributed by atoms with Crippen LogP contribution in [-0.4, -0.2) is 37.3 Å². The molecular weight excluding hydrogens is 304 g/mol. The van der Waals surface area contributed by atoms with Crippen LogP contribution >= 0.6 is 0 Å². The van der Waals surface area contributed by atoms with Crippen LogP contribution in [0.5, 0.6) is 0 Å². The minimum absolute atomic E-state index is 0.0234. The minimum Gasteiger partial charge on any atom is -0.334 e. The Balaban J connectivity index is 1.88. The van der Waals surface area contributed by atoms with Crippen molar-refractivity contribution in [2.75, 3.05) is 11.9 Å². The average Bonchev–Trinajstić information content (AvgIpc) is 2.61. The van der Waals surface area contributed by atoms with Crippen molar-refractivity contribution in [1.82, 2.24) is 24.8 Å². The lowest BCUT2D eigenvalue weighted by Crippen LogP contribution is -2.38. The molecule has 1 aliphatic heterocycles. The summed E-state index contributed by atoms with van der Waals surface area (Å²) in [5, 5.41) is 3.15.